The highest BCUT2D eigenvalue weighted by atomic mass is 32.2. The Kier molecular flexibility index (Phi) is 6.09. The Labute approximate surface area is 175 Å². The summed E-state index contributed by atoms with van der Waals surface area (Å²) in [5.41, 5.74) is 1.38. The second-order valence-electron chi connectivity index (χ2n) is 6.37. The van der Waals surface area contributed by atoms with E-state index in [-0.39, 0.29) is 15.5 Å². The number of anilines is 2. The fourth-order valence-corrected chi connectivity index (χ4v) is 4.63. The zero-order valence-electron chi connectivity index (χ0n) is 15.9. The third kappa shape index (κ3) is 5.37. The fraction of sp³-hybridized carbons (Fsp3) is 0.0500. The molecule has 3 aromatic rings. The minimum Gasteiger partial charge on any atom is -0.307 e. The van der Waals surface area contributed by atoms with Crippen molar-refractivity contribution >= 4 is 37.5 Å². The van der Waals surface area contributed by atoms with E-state index in [0.717, 1.165) is 5.56 Å². The van der Waals surface area contributed by atoms with E-state index in [1.54, 1.807) is 49.4 Å². The fourth-order valence-electron chi connectivity index (χ4n) is 2.56. The summed E-state index contributed by atoms with van der Waals surface area (Å²) in [4.78, 5) is 12.0. The number of para-hydroxylation sites is 1. The normalized spacial score (nSPS) is 11.5. The molecule has 30 heavy (non-hydrogen) atoms. The molecule has 0 saturated carbocycles. The summed E-state index contributed by atoms with van der Waals surface area (Å²) in [7, 11) is -7.84. The first-order valence-corrected chi connectivity index (χ1v) is 11.7. The maximum atomic E-state index is 12.4. The maximum absolute atomic E-state index is 12.4. The molecule has 156 valence electrons. The first kappa shape index (κ1) is 21.3. The molecule has 0 aliphatic heterocycles. The Morgan fingerprint density at radius 2 is 1.37 bits per heavy atom. The van der Waals surface area contributed by atoms with Gasteiger partial charge in [0, 0.05) is 11.4 Å². The molecule has 10 heteroatoms. The highest BCUT2D eigenvalue weighted by Crippen LogP contribution is 2.18. The van der Waals surface area contributed by atoms with Crippen LogP contribution in [0.4, 0.5) is 16.2 Å². The van der Waals surface area contributed by atoms with Gasteiger partial charge in [0.15, 0.2) is 0 Å². The topological polar surface area (TPSA) is 121 Å². The molecule has 0 saturated heterocycles. The lowest BCUT2D eigenvalue weighted by Crippen LogP contribution is -2.34. The molecule has 0 aliphatic carbocycles. The molecule has 2 amide bonds. The Bertz CT molecular complexity index is 1260. The lowest BCUT2D eigenvalue weighted by molar-refractivity contribution is 0.256. The number of hydrogen-bond donors (Lipinski definition) is 3. The molecule has 8 nitrogen and oxygen atoms in total. The molecule has 0 fully saturated rings. The van der Waals surface area contributed by atoms with Gasteiger partial charge in [-0.2, -0.15) is 0 Å². The highest BCUT2D eigenvalue weighted by Gasteiger charge is 2.18. The van der Waals surface area contributed by atoms with Crippen LogP contribution in [0, 0.1) is 6.92 Å². The van der Waals surface area contributed by atoms with E-state index in [1.807, 2.05) is 4.72 Å². The van der Waals surface area contributed by atoms with Crippen molar-refractivity contribution in [3.63, 3.8) is 0 Å². The standard InChI is InChI=1S/C20H19N3O5S2/c1-15-6-5-9-19(14-15)30(27,28)23-20(24)21-16-10-12-18(13-11-16)29(25,26)22-17-7-3-2-4-8-17/h2-14,22H,1H3,(H2,21,23,24). The summed E-state index contributed by atoms with van der Waals surface area (Å²) < 4.78 is 53.8. The van der Waals surface area contributed by atoms with Gasteiger partial charge in [0.1, 0.15) is 0 Å². The summed E-state index contributed by atoms with van der Waals surface area (Å²) in [5, 5.41) is 2.37. The first-order chi connectivity index (χ1) is 14.2. The van der Waals surface area contributed by atoms with Crippen LogP contribution in [0.2, 0.25) is 0 Å². The van der Waals surface area contributed by atoms with Crippen LogP contribution in [0.5, 0.6) is 0 Å². The van der Waals surface area contributed by atoms with E-state index in [0.29, 0.717) is 5.69 Å². The molecule has 0 bridgehead atoms. The molecule has 0 heterocycles. The van der Waals surface area contributed by atoms with Crippen molar-refractivity contribution in [2.75, 3.05) is 10.0 Å². The average molecular weight is 446 g/mol. The van der Waals surface area contributed by atoms with Crippen LogP contribution in [-0.4, -0.2) is 22.9 Å². The lowest BCUT2D eigenvalue weighted by atomic mass is 10.2. The molecule has 0 radical (unpaired) electrons. The van der Waals surface area contributed by atoms with Gasteiger partial charge in [0.2, 0.25) is 0 Å². The lowest BCUT2D eigenvalue weighted by Gasteiger charge is -2.11. The van der Waals surface area contributed by atoms with Crippen LogP contribution < -0.4 is 14.8 Å². The third-order valence-electron chi connectivity index (χ3n) is 3.98. The van der Waals surface area contributed by atoms with Gasteiger partial charge in [0.05, 0.1) is 9.79 Å². The van der Waals surface area contributed by atoms with Gasteiger partial charge in [-0.1, -0.05) is 30.3 Å². The van der Waals surface area contributed by atoms with Crippen molar-refractivity contribution in [1.82, 2.24) is 4.72 Å². The first-order valence-electron chi connectivity index (χ1n) is 8.74. The van der Waals surface area contributed by atoms with Crippen LogP contribution in [0.1, 0.15) is 5.56 Å². The Morgan fingerprint density at radius 3 is 2.00 bits per heavy atom. The Balaban J connectivity index is 1.67. The maximum Gasteiger partial charge on any atom is 0.333 e. The number of benzene rings is 3. The van der Waals surface area contributed by atoms with Gasteiger partial charge in [-0.3, -0.25) is 4.72 Å². The number of carbonyl (C=O) groups excluding carboxylic acids is 1. The number of hydrogen-bond acceptors (Lipinski definition) is 5. The van der Waals surface area contributed by atoms with Crippen molar-refractivity contribution in [3.8, 4) is 0 Å². The summed E-state index contributed by atoms with van der Waals surface area (Å²) >= 11 is 0. The summed E-state index contributed by atoms with van der Waals surface area (Å²) in [6, 6.07) is 18.9. The van der Waals surface area contributed by atoms with E-state index < -0.39 is 26.1 Å². The smallest absolute Gasteiger partial charge is 0.307 e. The quantitative estimate of drug-likeness (QED) is 0.537. The van der Waals surface area contributed by atoms with Gasteiger partial charge in [0.25, 0.3) is 20.0 Å². The molecule has 0 aromatic heterocycles. The van der Waals surface area contributed by atoms with Crippen LogP contribution in [-0.2, 0) is 20.0 Å². The van der Waals surface area contributed by atoms with E-state index >= 15 is 0 Å². The van der Waals surface area contributed by atoms with Crippen LogP contribution in [0.3, 0.4) is 0 Å². The molecular weight excluding hydrogens is 426 g/mol. The zero-order valence-corrected chi connectivity index (χ0v) is 17.5. The van der Waals surface area contributed by atoms with Gasteiger partial charge in [-0.05, 0) is 61.0 Å². The summed E-state index contributed by atoms with van der Waals surface area (Å²) in [6.45, 7) is 1.74. The molecule has 0 atom stereocenters. The van der Waals surface area contributed by atoms with E-state index in [4.69, 9.17) is 0 Å². The predicted molar refractivity (Wildman–Crippen MR) is 114 cm³/mol. The second kappa shape index (κ2) is 8.56. The van der Waals surface area contributed by atoms with Crippen LogP contribution >= 0.6 is 0 Å². The number of aryl methyl sites for hydroxylation is 1. The van der Waals surface area contributed by atoms with Gasteiger partial charge in [-0.15, -0.1) is 0 Å². The van der Waals surface area contributed by atoms with Gasteiger partial charge >= 0.3 is 6.03 Å². The molecule has 3 rings (SSSR count). The number of carbonyl (C=O) groups is 1. The van der Waals surface area contributed by atoms with Crippen molar-refractivity contribution in [2.24, 2.45) is 0 Å². The van der Waals surface area contributed by atoms with Gasteiger partial charge in [-0.25, -0.2) is 26.4 Å². The third-order valence-corrected chi connectivity index (χ3v) is 6.70. The average Bonchev–Trinajstić information content (AvgIpc) is 2.68. The molecular formula is C20H19N3O5S2. The van der Waals surface area contributed by atoms with E-state index in [9.17, 15) is 21.6 Å². The monoisotopic (exact) mass is 445 g/mol. The number of nitrogens with one attached hydrogen (secondary N) is 3. The van der Waals surface area contributed by atoms with Gasteiger partial charge < -0.3 is 5.32 Å². The molecule has 3 N–H and O–H groups in total. The van der Waals surface area contributed by atoms with Crippen molar-refractivity contribution in [2.45, 2.75) is 16.7 Å². The molecule has 3 aromatic carbocycles. The zero-order chi connectivity index (χ0) is 21.8. The SMILES string of the molecule is Cc1cccc(S(=O)(=O)NC(=O)Nc2ccc(S(=O)(=O)Nc3ccccc3)cc2)c1. The highest BCUT2D eigenvalue weighted by molar-refractivity contribution is 7.92. The van der Waals surface area contributed by atoms with Crippen molar-refractivity contribution in [1.29, 1.82) is 0 Å². The molecule has 0 spiro atoms. The van der Waals surface area contributed by atoms with Crippen LogP contribution in [0.15, 0.2) is 88.7 Å². The van der Waals surface area contributed by atoms with Crippen molar-refractivity contribution < 1.29 is 21.6 Å². The minimum atomic E-state index is -4.04. The van der Waals surface area contributed by atoms with Crippen molar-refractivity contribution in [3.05, 3.63) is 84.4 Å². The molecule has 0 unspecified atom stereocenters. The second-order valence-corrected chi connectivity index (χ2v) is 9.74. The predicted octanol–water partition coefficient (Wildman–Crippen LogP) is 3.31. The summed E-state index contributed by atoms with van der Waals surface area (Å²) in [5.74, 6) is 0. The number of urea groups is 1. The van der Waals surface area contributed by atoms with E-state index in [2.05, 4.69) is 10.0 Å². The summed E-state index contributed by atoms with van der Waals surface area (Å²) in [6.07, 6.45) is 0. The number of amides is 2. The van der Waals surface area contributed by atoms with Crippen LogP contribution in [0.25, 0.3) is 0 Å². The minimum absolute atomic E-state index is 0.00954. The largest absolute Gasteiger partial charge is 0.333 e. The Morgan fingerprint density at radius 1 is 0.700 bits per heavy atom. The van der Waals surface area contributed by atoms with E-state index in [1.165, 1.54) is 36.4 Å². The molecule has 0 aliphatic rings. The Hall–Kier alpha value is -3.37. The number of sulfonamides is 2. The number of rotatable bonds is 6.